The van der Waals surface area contributed by atoms with Crippen LogP contribution < -0.4 is 5.32 Å². The van der Waals surface area contributed by atoms with E-state index in [-0.39, 0.29) is 0 Å². The topological polar surface area (TPSA) is 110 Å². The maximum atomic E-state index is 12.5. The number of rotatable bonds is 38. The molecule has 286 valence electrons. The lowest BCUT2D eigenvalue weighted by Gasteiger charge is -2.27. The van der Waals surface area contributed by atoms with E-state index < -0.39 is 36.9 Å². The highest BCUT2D eigenvalue weighted by molar-refractivity contribution is 5.80. The molecule has 0 radical (unpaired) electrons. The van der Waals surface area contributed by atoms with Crippen LogP contribution in [0.4, 0.5) is 0 Å². The molecule has 0 aromatic carbocycles. The van der Waals surface area contributed by atoms with Crippen LogP contribution in [-0.2, 0) is 4.79 Å². The summed E-state index contributed by atoms with van der Waals surface area (Å²) in [5.74, 6) is -0.591. The molecule has 1 amide bonds. The number of unbranched alkanes of at least 4 members (excludes halogenated alkanes) is 27. The van der Waals surface area contributed by atoms with Crippen molar-refractivity contribution >= 4 is 5.91 Å². The summed E-state index contributed by atoms with van der Waals surface area (Å²) in [4.78, 5) is 12.5. The number of aliphatic hydroxyl groups excluding tert-OH is 4. The summed E-state index contributed by atoms with van der Waals surface area (Å²) < 4.78 is 0. The van der Waals surface area contributed by atoms with Gasteiger partial charge in [0.05, 0.1) is 18.8 Å². The van der Waals surface area contributed by atoms with Crippen LogP contribution >= 0.6 is 0 Å². The van der Waals surface area contributed by atoms with Crippen LogP contribution in [0.25, 0.3) is 0 Å². The zero-order valence-corrected chi connectivity index (χ0v) is 32.0. The first kappa shape index (κ1) is 47.0. The monoisotopic (exact) mass is 682 g/mol. The fourth-order valence-corrected chi connectivity index (χ4v) is 6.58. The summed E-state index contributed by atoms with van der Waals surface area (Å²) in [6.45, 7) is 4.04. The molecule has 4 atom stereocenters. The van der Waals surface area contributed by atoms with Gasteiger partial charge in [0.15, 0.2) is 0 Å². The Morgan fingerprint density at radius 3 is 1.25 bits per heavy atom. The molecule has 0 spiro atoms. The highest BCUT2D eigenvalue weighted by Crippen LogP contribution is 2.16. The Kier molecular flexibility index (Phi) is 36.6. The Morgan fingerprint density at radius 2 is 0.854 bits per heavy atom. The minimum atomic E-state index is -1.28. The molecule has 0 saturated heterocycles. The predicted octanol–water partition coefficient (Wildman–Crippen LogP) is 10.6. The normalized spacial score (nSPS) is 14.4. The van der Waals surface area contributed by atoms with Crippen molar-refractivity contribution in [2.45, 2.75) is 244 Å². The van der Waals surface area contributed by atoms with Crippen molar-refractivity contribution in [2.24, 2.45) is 0 Å². The number of amides is 1. The smallest absolute Gasteiger partial charge is 0.249 e. The average molecular weight is 682 g/mol. The summed E-state index contributed by atoms with van der Waals surface area (Å²) in [6, 6.07) is -0.996. The first-order valence-corrected chi connectivity index (χ1v) is 21.1. The van der Waals surface area contributed by atoms with Crippen molar-refractivity contribution in [3.05, 3.63) is 12.2 Å². The summed E-state index contributed by atoms with van der Waals surface area (Å²) in [5, 5.41) is 43.6. The van der Waals surface area contributed by atoms with Crippen LogP contribution in [0, 0.1) is 0 Å². The molecule has 0 aliphatic rings. The van der Waals surface area contributed by atoms with Gasteiger partial charge in [-0.3, -0.25) is 4.79 Å². The third kappa shape index (κ3) is 31.1. The summed E-state index contributed by atoms with van der Waals surface area (Å²) in [5.41, 5.74) is 0. The number of allylic oxidation sites excluding steroid dienone is 2. The summed E-state index contributed by atoms with van der Waals surface area (Å²) >= 11 is 0. The van der Waals surface area contributed by atoms with E-state index in [0.29, 0.717) is 12.8 Å². The van der Waals surface area contributed by atoms with Crippen LogP contribution in [0.2, 0.25) is 0 Å². The first-order chi connectivity index (χ1) is 23.5. The average Bonchev–Trinajstić information content (AvgIpc) is 3.09. The zero-order valence-electron chi connectivity index (χ0n) is 32.0. The van der Waals surface area contributed by atoms with Gasteiger partial charge in [-0.1, -0.05) is 193 Å². The molecule has 48 heavy (non-hydrogen) atoms. The number of aliphatic hydroxyl groups is 4. The summed E-state index contributed by atoms with van der Waals surface area (Å²) in [6.07, 6.45) is 39.5. The van der Waals surface area contributed by atoms with Gasteiger partial charge in [0.1, 0.15) is 12.2 Å². The Labute approximate surface area is 298 Å². The van der Waals surface area contributed by atoms with E-state index in [2.05, 4.69) is 31.3 Å². The molecule has 0 bridgehead atoms. The van der Waals surface area contributed by atoms with Gasteiger partial charge in [0.25, 0.3) is 0 Å². The molecule has 0 aliphatic heterocycles. The molecule has 0 fully saturated rings. The van der Waals surface area contributed by atoms with Crippen LogP contribution in [-0.4, -0.2) is 57.3 Å². The van der Waals surface area contributed by atoms with Crippen molar-refractivity contribution in [3.8, 4) is 0 Å². The fraction of sp³-hybridized carbons (Fsp3) is 0.929. The van der Waals surface area contributed by atoms with Gasteiger partial charge in [-0.25, -0.2) is 0 Å². The Morgan fingerprint density at radius 1 is 0.500 bits per heavy atom. The van der Waals surface area contributed by atoms with Crippen molar-refractivity contribution in [2.75, 3.05) is 6.61 Å². The van der Waals surface area contributed by atoms with Gasteiger partial charge in [-0.15, -0.1) is 0 Å². The third-order valence-corrected chi connectivity index (χ3v) is 9.98. The molecular weight excluding hydrogens is 598 g/mol. The molecule has 0 saturated carbocycles. The van der Waals surface area contributed by atoms with E-state index >= 15 is 0 Å². The largest absolute Gasteiger partial charge is 0.394 e. The van der Waals surface area contributed by atoms with Crippen molar-refractivity contribution in [1.82, 2.24) is 5.32 Å². The highest BCUT2D eigenvalue weighted by Gasteiger charge is 2.28. The molecule has 0 aromatic heterocycles. The second kappa shape index (κ2) is 37.3. The van der Waals surface area contributed by atoms with Gasteiger partial charge < -0.3 is 25.7 Å². The molecule has 5 N–H and O–H groups in total. The van der Waals surface area contributed by atoms with Gasteiger partial charge >= 0.3 is 0 Å². The van der Waals surface area contributed by atoms with Gasteiger partial charge in [0, 0.05) is 0 Å². The number of hydrogen-bond acceptors (Lipinski definition) is 5. The van der Waals surface area contributed by atoms with Crippen molar-refractivity contribution in [1.29, 1.82) is 0 Å². The van der Waals surface area contributed by atoms with Gasteiger partial charge in [-0.2, -0.15) is 0 Å². The maximum absolute atomic E-state index is 12.5. The van der Waals surface area contributed by atoms with Gasteiger partial charge in [0.2, 0.25) is 5.91 Å². The Balaban J connectivity index is 3.77. The lowest BCUT2D eigenvalue weighted by molar-refractivity contribution is -0.132. The molecule has 0 aliphatic carbocycles. The van der Waals surface area contributed by atoms with E-state index in [0.717, 1.165) is 38.5 Å². The molecule has 4 unspecified atom stereocenters. The van der Waals surface area contributed by atoms with E-state index in [9.17, 15) is 25.2 Å². The number of carbonyl (C=O) groups is 1. The summed E-state index contributed by atoms with van der Waals surface area (Å²) in [7, 11) is 0. The third-order valence-electron chi connectivity index (χ3n) is 9.98. The maximum Gasteiger partial charge on any atom is 0.249 e. The minimum Gasteiger partial charge on any atom is -0.394 e. The van der Waals surface area contributed by atoms with Crippen molar-refractivity contribution in [3.63, 3.8) is 0 Å². The van der Waals surface area contributed by atoms with E-state index in [1.165, 1.54) is 154 Å². The molecular formula is C42H83NO5. The fourth-order valence-electron chi connectivity index (χ4n) is 6.58. The first-order valence-electron chi connectivity index (χ1n) is 21.1. The van der Waals surface area contributed by atoms with E-state index in [1.54, 1.807) is 0 Å². The lowest BCUT2D eigenvalue weighted by Crippen LogP contribution is -2.53. The molecule has 0 rings (SSSR count). The SMILES string of the molecule is CCCCCCCCCCCC/C=C/CCCC(O)C(O)C(CO)NC(=O)C(O)CCCCCCCCCCCCCCCCCCC. The standard InChI is InChI=1S/C42H83NO5/c1-3-5-7-9-11-13-15-17-19-20-22-24-26-28-30-32-34-36-40(46)42(48)43-38(37-44)41(47)39(45)35-33-31-29-27-25-23-21-18-16-14-12-10-8-6-4-2/h27,29,38-41,44-47H,3-26,28,30-37H2,1-2H3,(H,43,48)/b29-27+. The molecule has 6 nitrogen and oxygen atoms in total. The number of nitrogens with one attached hydrogen (secondary N) is 1. The van der Waals surface area contributed by atoms with Crippen LogP contribution in [0.5, 0.6) is 0 Å². The van der Waals surface area contributed by atoms with Crippen LogP contribution in [0.1, 0.15) is 219 Å². The lowest BCUT2D eigenvalue weighted by atomic mass is 10.00. The Hall–Kier alpha value is -0.950. The van der Waals surface area contributed by atoms with Crippen LogP contribution in [0.15, 0.2) is 12.2 Å². The number of hydrogen-bond donors (Lipinski definition) is 5. The zero-order chi connectivity index (χ0) is 35.3. The second-order valence-electron chi connectivity index (χ2n) is 14.7. The minimum absolute atomic E-state index is 0.368. The van der Waals surface area contributed by atoms with Crippen molar-refractivity contribution < 1.29 is 25.2 Å². The molecule has 0 aromatic rings. The Bertz CT molecular complexity index is 687. The number of carbonyl (C=O) groups excluding carboxylic acids is 1. The van der Waals surface area contributed by atoms with Gasteiger partial charge in [-0.05, 0) is 38.5 Å². The molecule has 6 heteroatoms. The van der Waals surface area contributed by atoms with Crippen LogP contribution in [0.3, 0.4) is 0 Å². The highest BCUT2D eigenvalue weighted by atomic mass is 16.3. The quantitative estimate of drug-likeness (QED) is 0.0329. The molecule has 0 heterocycles. The van der Waals surface area contributed by atoms with E-state index in [4.69, 9.17) is 0 Å². The second-order valence-corrected chi connectivity index (χ2v) is 14.7. The van der Waals surface area contributed by atoms with E-state index in [1.807, 2.05) is 0 Å². The predicted molar refractivity (Wildman–Crippen MR) is 205 cm³/mol.